The van der Waals surface area contributed by atoms with Crippen LogP contribution in [-0.4, -0.2) is 32.8 Å². The quantitative estimate of drug-likeness (QED) is 0.619. The van der Waals surface area contributed by atoms with Crippen LogP contribution >= 0.6 is 23.4 Å². The van der Waals surface area contributed by atoms with Gasteiger partial charge in [0.25, 0.3) is 5.56 Å². The molecular weight excluding hydrogens is 382 g/mol. The van der Waals surface area contributed by atoms with E-state index in [2.05, 4.69) is 11.2 Å². The molecule has 27 heavy (non-hydrogen) atoms. The number of halogens is 1. The molecule has 0 saturated carbocycles. The van der Waals surface area contributed by atoms with Gasteiger partial charge in [0.1, 0.15) is 0 Å². The van der Waals surface area contributed by atoms with Crippen molar-refractivity contribution in [2.24, 2.45) is 0 Å². The highest BCUT2D eigenvalue weighted by molar-refractivity contribution is 8.00. The van der Waals surface area contributed by atoms with Crippen LogP contribution in [0.5, 0.6) is 0 Å². The summed E-state index contributed by atoms with van der Waals surface area (Å²) in [5.41, 5.74) is 2.74. The molecule has 1 fully saturated rings. The van der Waals surface area contributed by atoms with Gasteiger partial charge in [0.2, 0.25) is 0 Å². The molecule has 0 amide bonds. The average molecular weight is 402 g/mol. The van der Waals surface area contributed by atoms with E-state index >= 15 is 0 Å². The lowest BCUT2D eigenvalue weighted by atomic mass is 10.1. The molecule has 7 heteroatoms. The highest BCUT2D eigenvalue weighted by atomic mass is 35.5. The second-order valence-corrected chi connectivity index (χ2v) is 8.29. The van der Waals surface area contributed by atoms with Crippen molar-refractivity contribution < 1.29 is 4.74 Å². The number of hydrogen-bond donors (Lipinski definition) is 0. The van der Waals surface area contributed by atoms with Crippen molar-refractivity contribution in [2.75, 3.05) is 13.2 Å². The third-order valence-corrected chi connectivity index (χ3v) is 5.89. The van der Waals surface area contributed by atoms with Crippen LogP contribution in [-0.2, 0) is 11.3 Å². The zero-order chi connectivity index (χ0) is 18.8. The Bertz CT molecular complexity index is 1010. The number of nitrogens with zero attached hydrogens (tertiary/aromatic N) is 3. The van der Waals surface area contributed by atoms with Crippen molar-refractivity contribution >= 4 is 23.4 Å². The van der Waals surface area contributed by atoms with Gasteiger partial charge in [-0.2, -0.15) is 5.10 Å². The van der Waals surface area contributed by atoms with E-state index in [4.69, 9.17) is 16.3 Å². The summed E-state index contributed by atoms with van der Waals surface area (Å²) in [4.78, 5) is 13.1. The zero-order valence-electron chi connectivity index (χ0n) is 15.0. The molecule has 140 valence electrons. The number of aryl methyl sites for hydroxylation is 1. The maximum Gasteiger partial charge on any atom is 0.250 e. The number of benzene rings is 1. The summed E-state index contributed by atoms with van der Waals surface area (Å²) in [6.07, 6.45) is 6.47. The zero-order valence-corrected chi connectivity index (χ0v) is 16.5. The fraction of sp³-hybridized carbons (Fsp3) is 0.300. The standard InChI is InChI=1S/C20H20ClN3O2S/c1-2-7-23-11-15(3-6-20(23)25)24-10-14(9-22-24)18-5-4-16(8-19(18)21)27-17-12-26-13-17/h3-6,8-11,17H,2,7,12-13H2,1H3. The Kier molecular flexibility index (Phi) is 5.38. The van der Waals surface area contributed by atoms with Gasteiger partial charge in [-0.25, -0.2) is 4.68 Å². The molecule has 0 spiro atoms. The van der Waals surface area contributed by atoms with E-state index in [0.717, 1.165) is 41.3 Å². The number of pyridine rings is 1. The summed E-state index contributed by atoms with van der Waals surface area (Å²) in [7, 11) is 0. The average Bonchev–Trinajstić information content (AvgIpc) is 3.10. The lowest BCUT2D eigenvalue weighted by Gasteiger charge is -2.25. The van der Waals surface area contributed by atoms with E-state index in [-0.39, 0.29) is 5.56 Å². The first-order chi connectivity index (χ1) is 13.1. The molecule has 0 unspecified atom stereocenters. The maximum atomic E-state index is 11.9. The molecule has 5 nitrogen and oxygen atoms in total. The molecule has 0 bridgehead atoms. The molecule has 1 aromatic carbocycles. The smallest absolute Gasteiger partial charge is 0.250 e. The van der Waals surface area contributed by atoms with Gasteiger partial charge in [-0.05, 0) is 24.6 Å². The summed E-state index contributed by atoms with van der Waals surface area (Å²) >= 11 is 8.32. The molecule has 1 aliphatic rings. The molecule has 0 atom stereocenters. The first-order valence-electron chi connectivity index (χ1n) is 8.94. The van der Waals surface area contributed by atoms with Gasteiger partial charge in [0.15, 0.2) is 0 Å². The summed E-state index contributed by atoms with van der Waals surface area (Å²) in [6, 6.07) is 9.48. The Morgan fingerprint density at radius 1 is 1.26 bits per heavy atom. The predicted octanol–water partition coefficient (Wildman–Crippen LogP) is 4.26. The fourth-order valence-electron chi connectivity index (χ4n) is 2.95. The van der Waals surface area contributed by atoms with Crippen LogP contribution in [0.4, 0.5) is 0 Å². The molecule has 4 rings (SSSR count). The minimum atomic E-state index is 0.000903. The second-order valence-electron chi connectivity index (χ2n) is 6.51. The van der Waals surface area contributed by atoms with Crippen LogP contribution < -0.4 is 5.56 Å². The Morgan fingerprint density at radius 3 is 2.81 bits per heavy atom. The van der Waals surface area contributed by atoms with Gasteiger partial charge in [-0.3, -0.25) is 4.79 Å². The summed E-state index contributed by atoms with van der Waals surface area (Å²) in [6.45, 7) is 4.35. The SMILES string of the molecule is CCCn1cc(-n2cc(-c3ccc(SC4COC4)cc3Cl)cn2)ccc1=O. The third kappa shape index (κ3) is 3.98. The van der Waals surface area contributed by atoms with Crippen molar-refractivity contribution in [1.82, 2.24) is 14.3 Å². The monoisotopic (exact) mass is 401 g/mol. The van der Waals surface area contributed by atoms with Crippen LogP contribution in [0.25, 0.3) is 16.8 Å². The van der Waals surface area contributed by atoms with E-state index in [9.17, 15) is 4.79 Å². The Hall–Kier alpha value is -2.02. The van der Waals surface area contributed by atoms with Crippen molar-refractivity contribution in [3.63, 3.8) is 0 Å². The van der Waals surface area contributed by atoms with Crippen molar-refractivity contribution in [3.05, 3.63) is 64.3 Å². The number of ether oxygens (including phenoxy) is 1. The van der Waals surface area contributed by atoms with Crippen LogP contribution in [0, 0.1) is 0 Å². The fourth-order valence-corrected chi connectivity index (χ4v) is 4.35. The lowest BCUT2D eigenvalue weighted by Crippen LogP contribution is -2.29. The summed E-state index contributed by atoms with van der Waals surface area (Å²) < 4.78 is 8.70. The second kappa shape index (κ2) is 7.92. The maximum absolute atomic E-state index is 11.9. The third-order valence-electron chi connectivity index (χ3n) is 4.44. The lowest BCUT2D eigenvalue weighted by molar-refractivity contribution is 0.0455. The largest absolute Gasteiger partial charge is 0.379 e. The van der Waals surface area contributed by atoms with E-state index in [0.29, 0.717) is 16.8 Å². The normalized spacial score (nSPS) is 14.3. The topological polar surface area (TPSA) is 49.0 Å². The summed E-state index contributed by atoms with van der Waals surface area (Å²) in [5, 5.41) is 5.68. The minimum Gasteiger partial charge on any atom is -0.379 e. The van der Waals surface area contributed by atoms with E-state index < -0.39 is 0 Å². The van der Waals surface area contributed by atoms with Crippen molar-refractivity contribution in [1.29, 1.82) is 0 Å². The Balaban J connectivity index is 1.59. The minimum absolute atomic E-state index is 0.000903. The highest BCUT2D eigenvalue weighted by Crippen LogP contribution is 2.34. The van der Waals surface area contributed by atoms with Crippen LogP contribution in [0.2, 0.25) is 5.02 Å². The Morgan fingerprint density at radius 2 is 2.11 bits per heavy atom. The number of aromatic nitrogens is 3. The summed E-state index contributed by atoms with van der Waals surface area (Å²) in [5.74, 6) is 0. The number of hydrogen-bond acceptors (Lipinski definition) is 4. The van der Waals surface area contributed by atoms with Gasteiger partial charge in [-0.1, -0.05) is 24.6 Å². The van der Waals surface area contributed by atoms with Crippen LogP contribution in [0.1, 0.15) is 13.3 Å². The van der Waals surface area contributed by atoms with Gasteiger partial charge < -0.3 is 9.30 Å². The van der Waals surface area contributed by atoms with Crippen molar-refractivity contribution in [2.45, 2.75) is 30.0 Å². The number of thioether (sulfide) groups is 1. The van der Waals surface area contributed by atoms with Gasteiger partial charge in [0, 0.05) is 46.0 Å². The van der Waals surface area contributed by atoms with Crippen LogP contribution in [0.15, 0.2) is 58.6 Å². The Labute approximate surface area is 166 Å². The van der Waals surface area contributed by atoms with E-state index in [1.807, 2.05) is 31.5 Å². The molecular formula is C20H20ClN3O2S. The molecule has 0 aliphatic carbocycles. The molecule has 1 saturated heterocycles. The first-order valence-corrected chi connectivity index (χ1v) is 10.2. The molecule has 0 radical (unpaired) electrons. The van der Waals surface area contributed by atoms with Gasteiger partial charge >= 0.3 is 0 Å². The van der Waals surface area contributed by atoms with E-state index in [1.54, 1.807) is 39.3 Å². The van der Waals surface area contributed by atoms with Crippen molar-refractivity contribution in [3.8, 4) is 16.8 Å². The van der Waals surface area contributed by atoms with Gasteiger partial charge in [-0.15, -0.1) is 11.8 Å². The predicted molar refractivity (Wildman–Crippen MR) is 109 cm³/mol. The molecule has 1 aliphatic heterocycles. The molecule has 3 heterocycles. The highest BCUT2D eigenvalue weighted by Gasteiger charge is 2.20. The molecule has 0 N–H and O–H groups in total. The molecule has 2 aromatic heterocycles. The van der Waals surface area contributed by atoms with Gasteiger partial charge in [0.05, 0.1) is 30.3 Å². The number of rotatable bonds is 6. The van der Waals surface area contributed by atoms with E-state index in [1.165, 1.54) is 0 Å². The van der Waals surface area contributed by atoms with Crippen LogP contribution in [0.3, 0.4) is 0 Å². The first kappa shape index (κ1) is 18.3. The molecule has 3 aromatic rings.